The SMILES string of the molecule is C=CCN(Cc1ccccc1)CC1CCOCO1. The molecule has 18 heavy (non-hydrogen) atoms. The molecule has 1 heterocycles. The zero-order chi connectivity index (χ0) is 12.6. The lowest BCUT2D eigenvalue weighted by atomic mass is 10.2. The van der Waals surface area contributed by atoms with Crippen LogP contribution in [0.25, 0.3) is 0 Å². The average molecular weight is 247 g/mol. The second-order valence-electron chi connectivity index (χ2n) is 4.57. The van der Waals surface area contributed by atoms with Crippen LogP contribution in [0.1, 0.15) is 12.0 Å². The average Bonchev–Trinajstić information content (AvgIpc) is 2.41. The fourth-order valence-corrected chi connectivity index (χ4v) is 2.16. The zero-order valence-electron chi connectivity index (χ0n) is 10.8. The molecule has 0 radical (unpaired) electrons. The van der Waals surface area contributed by atoms with Gasteiger partial charge in [0.25, 0.3) is 0 Å². The van der Waals surface area contributed by atoms with Crippen LogP contribution in [0.15, 0.2) is 43.0 Å². The minimum Gasteiger partial charge on any atom is -0.355 e. The number of hydrogen-bond acceptors (Lipinski definition) is 3. The molecule has 1 saturated heterocycles. The molecular weight excluding hydrogens is 226 g/mol. The van der Waals surface area contributed by atoms with Crippen molar-refractivity contribution in [1.82, 2.24) is 4.90 Å². The van der Waals surface area contributed by atoms with E-state index in [2.05, 4.69) is 35.7 Å². The molecule has 0 saturated carbocycles. The lowest BCUT2D eigenvalue weighted by Gasteiger charge is -2.29. The van der Waals surface area contributed by atoms with Gasteiger partial charge in [0, 0.05) is 19.6 Å². The summed E-state index contributed by atoms with van der Waals surface area (Å²) in [5.74, 6) is 0. The number of rotatable bonds is 6. The molecule has 3 nitrogen and oxygen atoms in total. The Kier molecular flexibility index (Phi) is 5.39. The van der Waals surface area contributed by atoms with Crippen LogP contribution >= 0.6 is 0 Å². The molecule has 0 aromatic heterocycles. The van der Waals surface area contributed by atoms with E-state index < -0.39 is 0 Å². The highest BCUT2D eigenvalue weighted by molar-refractivity contribution is 5.14. The highest BCUT2D eigenvalue weighted by Gasteiger charge is 2.17. The van der Waals surface area contributed by atoms with Crippen LogP contribution in [0.2, 0.25) is 0 Å². The lowest BCUT2D eigenvalue weighted by molar-refractivity contribution is -0.144. The summed E-state index contributed by atoms with van der Waals surface area (Å²) in [6.45, 7) is 7.82. The van der Waals surface area contributed by atoms with Gasteiger partial charge < -0.3 is 9.47 Å². The largest absolute Gasteiger partial charge is 0.355 e. The van der Waals surface area contributed by atoms with Crippen molar-refractivity contribution in [1.29, 1.82) is 0 Å². The Labute approximate surface area is 109 Å². The van der Waals surface area contributed by atoms with Gasteiger partial charge in [0.15, 0.2) is 0 Å². The minimum absolute atomic E-state index is 0.280. The summed E-state index contributed by atoms with van der Waals surface area (Å²) in [7, 11) is 0. The van der Waals surface area contributed by atoms with E-state index in [4.69, 9.17) is 9.47 Å². The quantitative estimate of drug-likeness (QED) is 0.721. The standard InChI is InChI=1S/C15H21NO2/c1-2-9-16(11-14-6-4-3-5-7-14)12-15-8-10-17-13-18-15/h2-7,15H,1,8-13H2. The fourth-order valence-electron chi connectivity index (χ4n) is 2.16. The van der Waals surface area contributed by atoms with Gasteiger partial charge in [-0.25, -0.2) is 0 Å². The van der Waals surface area contributed by atoms with Gasteiger partial charge in [0.1, 0.15) is 6.79 Å². The topological polar surface area (TPSA) is 21.7 Å². The van der Waals surface area contributed by atoms with Gasteiger partial charge in [-0.1, -0.05) is 36.4 Å². The van der Waals surface area contributed by atoms with E-state index >= 15 is 0 Å². The highest BCUT2D eigenvalue weighted by Crippen LogP contribution is 2.11. The Morgan fingerprint density at radius 1 is 1.33 bits per heavy atom. The molecule has 1 aliphatic heterocycles. The Hall–Kier alpha value is -1.16. The maximum absolute atomic E-state index is 5.59. The Morgan fingerprint density at radius 2 is 2.17 bits per heavy atom. The van der Waals surface area contributed by atoms with Crippen LogP contribution in [-0.4, -0.2) is 37.5 Å². The smallest absolute Gasteiger partial charge is 0.147 e. The molecule has 1 unspecified atom stereocenters. The zero-order valence-corrected chi connectivity index (χ0v) is 10.8. The van der Waals surface area contributed by atoms with E-state index in [9.17, 15) is 0 Å². The summed E-state index contributed by atoms with van der Waals surface area (Å²) in [4.78, 5) is 2.36. The molecule has 0 aliphatic carbocycles. The molecule has 1 fully saturated rings. The van der Waals surface area contributed by atoms with Crippen molar-refractivity contribution in [2.24, 2.45) is 0 Å². The van der Waals surface area contributed by atoms with E-state index in [0.717, 1.165) is 32.7 Å². The van der Waals surface area contributed by atoms with E-state index in [1.807, 2.05) is 12.1 Å². The van der Waals surface area contributed by atoms with Crippen molar-refractivity contribution in [3.8, 4) is 0 Å². The van der Waals surface area contributed by atoms with Gasteiger partial charge in [-0.15, -0.1) is 6.58 Å². The summed E-state index contributed by atoms with van der Waals surface area (Å²) in [5.41, 5.74) is 1.33. The van der Waals surface area contributed by atoms with Gasteiger partial charge >= 0.3 is 0 Å². The van der Waals surface area contributed by atoms with Crippen molar-refractivity contribution in [2.75, 3.05) is 26.5 Å². The molecule has 1 aromatic rings. The molecule has 1 atom stereocenters. The molecule has 0 bridgehead atoms. The van der Waals surface area contributed by atoms with Gasteiger partial charge in [-0.05, 0) is 12.0 Å². The van der Waals surface area contributed by atoms with Gasteiger partial charge in [-0.2, -0.15) is 0 Å². The van der Waals surface area contributed by atoms with Crippen LogP contribution in [0.5, 0.6) is 0 Å². The molecule has 3 heteroatoms. The first kappa shape index (κ1) is 13.3. The van der Waals surface area contributed by atoms with Crippen LogP contribution in [-0.2, 0) is 16.0 Å². The first-order valence-electron chi connectivity index (χ1n) is 6.45. The monoisotopic (exact) mass is 247 g/mol. The molecule has 0 spiro atoms. The van der Waals surface area contributed by atoms with Crippen LogP contribution < -0.4 is 0 Å². The number of hydrogen-bond donors (Lipinski definition) is 0. The minimum atomic E-state index is 0.280. The van der Waals surface area contributed by atoms with Crippen LogP contribution in [0.3, 0.4) is 0 Å². The van der Waals surface area contributed by atoms with Gasteiger partial charge in [0.05, 0.1) is 12.7 Å². The normalized spacial score (nSPS) is 19.9. The van der Waals surface area contributed by atoms with Crippen molar-refractivity contribution < 1.29 is 9.47 Å². The number of benzene rings is 1. The highest BCUT2D eigenvalue weighted by atomic mass is 16.7. The predicted octanol–water partition coefficient (Wildman–Crippen LogP) is 2.44. The molecular formula is C15H21NO2. The predicted molar refractivity (Wildman–Crippen MR) is 72.2 cm³/mol. The van der Waals surface area contributed by atoms with Crippen molar-refractivity contribution >= 4 is 0 Å². The first-order valence-corrected chi connectivity index (χ1v) is 6.45. The third-order valence-electron chi connectivity index (χ3n) is 3.07. The van der Waals surface area contributed by atoms with Crippen LogP contribution in [0, 0.1) is 0 Å². The van der Waals surface area contributed by atoms with E-state index in [-0.39, 0.29) is 6.10 Å². The second kappa shape index (κ2) is 7.31. The maximum atomic E-state index is 5.59. The first-order chi connectivity index (χ1) is 8.88. The summed E-state index contributed by atoms with van der Waals surface area (Å²) >= 11 is 0. The number of ether oxygens (including phenoxy) is 2. The van der Waals surface area contributed by atoms with E-state index in [1.54, 1.807) is 0 Å². The lowest BCUT2D eigenvalue weighted by Crippen LogP contribution is -2.37. The molecule has 1 aromatic carbocycles. The second-order valence-corrected chi connectivity index (χ2v) is 4.57. The van der Waals surface area contributed by atoms with Crippen LogP contribution in [0.4, 0.5) is 0 Å². The van der Waals surface area contributed by atoms with Crippen molar-refractivity contribution in [3.63, 3.8) is 0 Å². The summed E-state index contributed by atoms with van der Waals surface area (Å²) in [6, 6.07) is 10.5. The molecule has 0 N–H and O–H groups in total. The Bertz CT molecular complexity index is 347. The van der Waals surface area contributed by atoms with Gasteiger partial charge in [-0.3, -0.25) is 4.90 Å². The third kappa shape index (κ3) is 4.26. The Balaban J connectivity index is 1.88. The molecule has 2 rings (SSSR count). The summed E-state index contributed by atoms with van der Waals surface area (Å²) in [6.07, 6.45) is 3.20. The van der Waals surface area contributed by atoms with Gasteiger partial charge in [0.2, 0.25) is 0 Å². The third-order valence-corrected chi connectivity index (χ3v) is 3.07. The molecule has 98 valence electrons. The fraction of sp³-hybridized carbons (Fsp3) is 0.467. The van der Waals surface area contributed by atoms with Crippen molar-refractivity contribution in [2.45, 2.75) is 19.1 Å². The maximum Gasteiger partial charge on any atom is 0.147 e. The van der Waals surface area contributed by atoms with E-state index in [0.29, 0.717) is 6.79 Å². The summed E-state index contributed by atoms with van der Waals surface area (Å²) < 4.78 is 10.8. The van der Waals surface area contributed by atoms with Crippen molar-refractivity contribution in [3.05, 3.63) is 48.6 Å². The Morgan fingerprint density at radius 3 is 2.83 bits per heavy atom. The summed E-state index contributed by atoms with van der Waals surface area (Å²) in [5, 5.41) is 0. The number of nitrogens with zero attached hydrogens (tertiary/aromatic N) is 1. The molecule has 1 aliphatic rings. The molecule has 0 amide bonds. The van der Waals surface area contributed by atoms with E-state index in [1.165, 1.54) is 5.56 Å².